The van der Waals surface area contributed by atoms with Gasteiger partial charge in [-0.2, -0.15) is 5.10 Å². The highest BCUT2D eigenvalue weighted by atomic mass is 35.5. The maximum Gasteiger partial charge on any atom is 0.352 e. The van der Waals surface area contributed by atoms with Crippen molar-refractivity contribution >= 4 is 56.7 Å². The van der Waals surface area contributed by atoms with Crippen molar-refractivity contribution in [3.8, 4) is 22.6 Å². The Morgan fingerprint density at radius 3 is 2.42 bits per heavy atom. The Balaban J connectivity index is 0.909. The summed E-state index contributed by atoms with van der Waals surface area (Å²) in [5.74, 6) is 0.320. The number of hydrogen-bond donors (Lipinski definition) is 3. The average Bonchev–Trinajstić information content (AvgIpc) is 4.08. The lowest BCUT2D eigenvalue weighted by Gasteiger charge is -2.34. The van der Waals surface area contributed by atoms with Crippen molar-refractivity contribution in [2.75, 3.05) is 32.8 Å². The maximum absolute atomic E-state index is 13.9. The third-order valence-electron chi connectivity index (χ3n) is 14.6. The van der Waals surface area contributed by atoms with E-state index in [2.05, 4.69) is 22.3 Å². The lowest BCUT2D eigenvalue weighted by molar-refractivity contribution is -0.135. The van der Waals surface area contributed by atoms with Crippen LogP contribution in [0.1, 0.15) is 96.5 Å². The number of halogens is 1. The fraction of sp³-hybridized carbons (Fsp3) is 0.426. The molecular formula is C54H61ClN6O8. The first-order valence-electron chi connectivity index (χ1n) is 24.2. The molecule has 1 amide bonds. The number of aromatic carboxylic acids is 1. The van der Waals surface area contributed by atoms with Gasteiger partial charge in [0.15, 0.2) is 6.61 Å². The van der Waals surface area contributed by atoms with Crippen LogP contribution in [0.3, 0.4) is 0 Å². The van der Waals surface area contributed by atoms with Gasteiger partial charge in [-0.3, -0.25) is 24.0 Å². The molecule has 14 nitrogen and oxygen atoms in total. The van der Waals surface area contributed by atoms with Gasteiger partial charge >= 0.3 is 5.97 Å². The van der Waals surface area contributed by atoms with Crippen LogP contribution in [0.25, 0.3) is 32.8 Å². The highest BCUT2D eigenvalue weighted by Gasteiger charge is 2.45. The molecule has 9 rings (SSSR count). The van der Waals surface area contributed by atoms with Gasteiger partial charge in [-0.05, 0) is 87.6 Å². The van der Waals surface area contributed by atoms with Crippen molar-refractivity contribution in [2.45, 2.75) is 109 Å². The number of benzene rings is 4. The molecule has 2 aromatic heterocycles. The summed E-state index contributed by atoms with van der Waals surface area (Å²) in [6, 6.07) is 22.8. The Hall–Kier alpha value is -6.06. The summed E-state index contributed by atoms with van der Waals surface area (Å²) in [4.78, 5) is 56.7. The van der Waals surface area contributed by atoms with Crippen molar-refractivity contribution in [2.24, 2.45) is 7.05 Å². The van der Waals surface area contributed by atoms with Crippen molar-refractivity contribution in [1.82, 2.24) is 29.5 Å². The van der Waals surface area contributed by atoms with Crippen LogP contribution >= 0.6 is 11.6 Å². The van der Waals surface area contributed by atoms with Crippen molar-refractivity contribution in [1.29, 1.82) is 0 Å². The molecule has 0 radical (unpaired) electrons. The molecule has 3 N–H and O–H groups in total. The normalized spacial score (nSPS) is 19.1. The molecule has 3 fully saturated rings. The van der Waals surface area contributed by atoms with Crippen LogP contribution < -0.4 is 14.8 Å². The number of carbonyl (C=O) groups is 4. The number of aromatic nitrogens is 3. The fourth-order valence-electron chi connectivity index (χ4n) is 11.1. The third kappa shape index (κ3) is 9.77. The molecule has 362 valence electrons. The fourth-order valence-corrected chi connectivity index (χ4v) is 11.3. The van der Waals surface area contributed by atoms with Crippen LogP contribution in [-0.4, -0.2) is 109 Å². The number of nitrogens with zero attached hydrogens (tertiary/aromatic N) is 5. The second-order valence-electron chi connectivity index (χ2n) is 18.9. The maximum atomic E-state index is 13.9. The first-order chi connectivity index (χ1) is 33.3. The van der Waals surface area contributed by atoms with Gasteiger partial charge in [0.2, 0.25) is 0 Å². The summed E-state index contributed by atoms with van der Waals surface area (Å²) in [7, 11) is 1.89. The van der Waals surface area contributed by atoms with Gasteiger partial charge in [0, 0.05) is 104 Å². The molecule has 4 heterocycles. The number of hydrogen-bond acceptors (Lipinski definition) is 10. The number of carboxylic acids is 1. The van der Waals surface area contributed by atoms with Crippen LogP contribution in [0, 0.1) is 13.8 Å². The number of likely N-dealkylation sites (tertiary alicyclic amines) is 2. The predicted octanol–water partition coefficient (Wildman–Crippen LogP) is 8.15. The van der Waals surface area contributed by atoms with E-state index in [0.29, 0.717) is 99.6 Å². The molecule has 1 aliphatic carbocycles. The van der Waals surface area contributed by atoms with E-state index in [-0.39, 0.29) is 48.4 Å². The molecule has 4 atom stereocenters. The number of aliphatic hydroxyl groups is 1. The molecule has 15 heteroatoms. The van der Waals surface area contributed by atoms with E-state index >= 15 is 0 Å². The molecular weight excluding hydrogens is 896 g/mol. The summed E-state index contributed by atoms with van der Waals surface area (Å²) in [6.45, 7) is 8.15. The SMILES string of the molecule is Cc1nn(C)c(C)c1-c1c(Cl)ccc2c(CCCOc3cccc4ccccc34)c(C(=O)O)n(CCN3C[C@@H]4C[C@H]3CN4C(=O)COc3cccc(C(C)O)c3CNC3CCC(=O)CCCC3=O)c12. The number of piperazine rings is 1. The zero-order chi connectivity index (χ0) is 48.5. The summed E-state index contributed by atoms with van der Waals surface area (Å²) >= 11 is 7.12. The van der Waals surface area contributed by atoms with Gasteiger partial charge < -0.3 is 34.5 Å². The quantitative estimate of drug-likeness (QED) is 0.0755. The van der Waals surface area contributed by atoms with E-state index in [1.54, 1.807) is 19.1 Å². The van der Waals surface area contributed by atoms with Gasteiger partial charge in [-0.15, -0.1) is 0 Å². The number of aryl methyl sites for hydroxylation is 3. The van der Waals surface area contributed by atoms with Crippen LogP contribution in [0.5, 0.6) is 11.5 Å². The minimum atomic E-state index is -1.01. The van der Waals surface area contributed by atoms with E-state index in [1.165, 1.54) is 0 Å². The number of nitrogens with one attached hydrogen (secondary N) is 1. The topological polar surface area (TPSA) is 168 Å². The van der Waals surface area contributed by atoms with Crippen molar-refractivity contribution in [3.63, 3.8) is 0 Å². The van der Waals surface area contributed by atoms with Crippen LogP contribution in [0.2, 0.25) is 5.02 Å². The Morgan fingerprint density at radius 2 is 1.67 bits per heavy atom. The van der Waals surface area contributed by atoms with Gasteiger partial charge in [-0.25, -0.2) is 4.79 Å². The van der Waals surface area contributed by atoms with Crippen molar-refractivity contribution in [3.05, 3.63) is 112 Å². The highest BCUT2D eigenvalue weighted by Crippen LogP contribution is 2.43. The molecule has 2 bridgehead atoms. The number of carboxylic acid groups (broad SMARTS) is 1. The predicted molar refractivity (Wildman–Crippen MR) is 265 cm³/mol. The lowest BCUT2D eigenvalue weighted by Crippen LogP contribution is -2.50. The smallest absolute Gasteiger partial charge is 0.352 e. The Morgan fingerprint density at radius 1 is 0.884 bits per heavy atom. The molecule has 3 aliphatic rings. The second kappa shape index (κ2) is 20.5. The first-order valence-corrected chi connectivity index (χ1v) is 24.6. The Kier molecular flexibility index (Phi) is 14.3. The number of carbonyl (C=O) groups excluding carboxylic acids is 3. The Labute approximate surface area is 407 Å². The zero-order valence-corrected chi connectivity index (χ0v) is 40.6. The highest BCUT2D eigenvalue weighted by molar-refractivity contribution is 6.35. The second-order valence-corrected chi connectivity index (χ2v) is 19.3. The molecule has 6 aromatic rings. The number of Topliss-reactive ketones (excluding diaryl/α,β-unsaturated/α-hetero) is 2. The molecule has 2 aliphatic heterocycles. The number of aliphatic hydroxyl groups excluding tert-OH is 1. The van der Waals surface area contributed by atoms with E-state index in [1.807, 2.05) is 83.6 Å². The molecule has 0 spiro atoms. The molecule has 2 saturated heterocycles. The monoisotopic (exact) mass is 956 g/mol. The molecule has 69 heavy (non-hydrogen) atoms. The number of ketones is 2. The van der Waals surface area contributed by atoms with Crippen LogP contribution in [-0.2, 0) is 40.9 Å². The minimum absolute atomic E-state index is 0.0348. The average molecular weight is 958 g/mol. The van der Waals surface area contributed by atoms with E-state index in [4.69, 9.17) is 26.2 Å². The van der Waals surface area contributed by atoms with Crippen LogP contribution in [0.4, 0.5) is 0 Å². The largest absolute Gasteiger partial charge is 0.493 e. The summed E-state index contributed by atoms with van der Waals surface area (Å²) < 4.78 is 16.3. The number of fused-ring (bicyclic) bond motifs is 4. The van der Waals surface area contributed by atoms with E-state index in [0.717, 1.165) is 61.9 Å². The summed E-state index contributed by atoms with van der Waals surface area (Å²) in [5, 5.41) is 33.2. The van der Waals surface area contributed by atoms with Gasteiger partial charge in [0.05, 0.1) is 35.0 Å². The minimum Gasteiger partial charge on any atom is -0.493 e. The Bertz CT molecular complexity index is 2940. The van der Waals surface area contributed by atoms with Gasteiger partial charge in [-0.1, -0.05) is 66.2 Å². The van der Waals surface area contributed by atoms with Crippen LogP contribution in [0.15, 0.2) is 72.8 Å². The first kappa shape index (κ1) is 48.0. The number of amides is 1. The molecule has 4 aromatic carbocycles. The molecule has 2 unspecified atom stereocenters. The van der Waals surface area contributed by atoms with Gasteiger partial charge in [0.25, 0.3) is 5.91 Å². The van der Waals surface area contributed by atoms with Crippen molar-refractivity contribution < 1.29 is 38.9 Å². The molecule has 1 saturated carbocycles. The third-order valence-corrected chi connectivity index (χ3v) is 14.9. The lowest BCUT2D eigenvalue weighted by atomic mass is 9.94. The van der Waals surface area contributed by atoms with Gasteiger partial charge in [0.1, 0.15) is 28.8 Å². The summed E-state index contributed by atoms with van der Waals surface area (Å²) in [6.07, 6.45) is 3.13. The standard InChI is InChI=1S/C54H61ClN6O8/c1-32-50(33(2)58(4)57-32)51-44(55)22-21-42-41(16-10-26-68-47-18-7-12-35-11-5-6-14-40(35)47)53(54(66)67)60(52(42)51)25-24-59-29-37-27-36(59)30-61(37)49(65)31-69-48-19-9-15-39(34(3)62)43(48)28-56-45-23-20-38(63)13-8-17-46(45)64/h5-7,9,11-12,14-15,18-19,21-22,34,36-37,45,56,62H,8,10,13,16-17,20,23-31H2,1-4H3,(H,66,67)/t34?,36-,37-,45?/m0/s1. The number of ether oxygens (including phenoxy) is 2. The number of rotatable bonds is 17. The summed E-state index contributed by atoms with van der Waals surface area (Å²) in [5.41, 5.74) is 6.41. The van der Waals surface area contributed by atoms with E-state index < -0.39 is 18.1 Å². The van der Waals surface area contributed by atoms with E-state index in [9.17, 15) is 29.4 Å². The zero-order valence-electron chi connectivity index (χ0n) is 39.8.